The molecule has 0 saturated carbocycles. The highest BCUT2D eigenvalue weighted by Gasteiger charge is 2.14. The quantitative estimate of drug-likeness (QED) is 0.923. The van der Waals surface area contributed by atoms with Crippen LogP contribution < -0.4 is 5.32 Å². The molecule has 0 atom stereocenters. The van der Waals surface area contributed by atoms with Crippen LogP contribution >= 0.6 is 0 Å². The minimum atomic E-state index is -0.661. The summed E-state index contributed by atoms with van der Waals surface area (Å²) in [4.78, 5) is 4.07. The van der Waals surface area contributed by atoms with Gasteiger partial charge in [0.1, 0.15) is 11.6 Å². The zero-order valence-corrected chi connectivity index (χ0v) is 11.1. The highest BCUT2D eigenvalue weighted by molar-refractivity contribution is 5.57. The third-order valence-corrected chi connectivity index (χ3v) is 2.52. The average molecular weight is 266 g/mol. The zero-order chi connectivity index (χ0) is 14.0. The second-order valence-electron chi connectivity index (χ2n) is 5.35. The summed E-state index contributed by atoms with van der Waals surface area (Å²) in [7, 11) is 0. The van der Waals surface area contributed by atoms with Crippen LogP contribution in [0.4, 0.5) is 8.78 Å². The first kappa shape index (κ1) is 13.7. The largest absolute Gasteiger partial charge is 0.439 e. The Morgan fingerprint density at radius 3 is 2.63 bits per heavy atom. The first-order valence-electron chi connectivity index (χ1n) is 6.00. The van der Waals surface area contributed by atoms with E-state index in [4.69, 9.17) is 4.42 Å². The van der Waals surface area contributed by atoms with E-state index in [1.807, 2.05) is 20.8 Å². The fourth-order valence-electron chi connectivity index (χ4n) is 1.55. The van der Waals surface area contributed by atoms with Crippen molar-refractivity contribution in [2.45, 2.75) is 32.9 Å². The molecule has 0 spiro atoms. The molecule has 0 amide bonds. The van der Waals surface area contributed by atoms with E-state index in [-0.39, 0.29) is 11.1 Å². The molecule has 0 aliphatic rings. The van der Waals surface area contributed by atoms with E-state index in [9.17, 15) is 8.78 Å². The van der Waals surface area contributed by atoms with E-state index in [0.717, 1.165) is 6.07 Å². The highest BCUT2D eigenvalue weighted by atomic mass is 19.1. The fourth-order valence-corrected chi connectivity index (χ4v) is 1.55. The molecule has 2 aromatic rings. The van der Waals surface area contributed by atoms with Crippen LogP contribution in [0, 0.1) is 11.6 Å². The van der Waals surface area contributed by atoms with Gasteiger partial charge < -0.3 is 9.73 Å². The Morgan fingerprint density at radius 2 is 2.00 bits per heavy atom. The van der Waals surface area contributed by atoms with Crippen molar-refractivity contribution in [2.75, 3.05) is 0 Å². The van der Waals surface area contributed by atoms with Crippen LogP contribution in [0.15, 0.2) is 28.8 Å². The van der Waals surface area contributed by atoms with Gasteiger partial charge in [-0.05, 0) is 32.9 Å². The van der Waals surface area contributed by atoms with Gasteiger partial charge in [-0.2, -0.15) is 0 Å². The van der Waals surface area contributed by atoms with Crippen LogP contribution in [0.25, 0.3) is 11.3 Å². The number of aromatic nitrogens is 1. The molecular weight excluding hydrogens is 250 g/mol. The van der Waals surface area contributed by atoms with Crippen LogP contribution in [0.1, 0.15) is 26.7 Å². The normalized spacial score (nSPS) is 11.8. The van der Waals surface area contributed by atoms with Gasteiger partial charge in [0.25, 0.3) is 0 Å². The number of nitrogens with one attached hydrogen (secondary N) is 1. The van der Waals surface area contributed by atoms with Crippen LogP contribution in [-0.2, 0) is 6.54 Å². The minimum absolute atomic E-state index is 0.0598. The second kappa shape index (κ2) is 5.09. The maximum absolute atomic E-state index is 13.6. The van der Waals surface area contributed by atoms with Crippen LogP contribution in [-0.4, -0.2) is 10.5 Å². The van der Waals surface area contributed by atoms with Crippen molar-refractivity contribution in [3.63, 3.8) is 0 Å². The molecule has 1 aromatic carbocycles. The molecule has 1 N–H and O–H groups in total. The van der Waals surface area contributed by atoms with Gasteiger partial charge in [0.05, 0.1) is 18.3 Å². The van der Waals surface area contributed by atoms with Crippen molar-refractivity contribution in [3.05, 3.63) is 41.9 Å². The first-order chi connectivity index (χ1) is 8.85. The van der Waals surface area contributed by atoms with Gasteiger partial charge in [0.2, 0.25) is 5.89 Å². The minimum Gasteiger partial charge on any atom is -0.439 e. The van der Waals surface area contributed by atoms with E-state index in [1.54, 1.807) is 0 Å². The predicted octanol–water partition coefficient (Wildman–Crippen LogP) is 3.51. The molecule has 0 bridgehead atoms. The average Bonchev–Trinajstić information content (AvgIpc) is 2.74. The summed E-state index contributed by atoms with van der Waals surface area (Å²) < 4.78 is 31.9. The van der Waals surface area contributed by atoms with E-state index in [0.29, 0.717) is 18.2 Å². The Bertz CT molecular complexity index is 573. The Kier molecular flexibility index (Phi) is 3.66. The van der Waals surface area contributed by atoms with Crippen molar-refractivity contribution in [1.29, 1.82) is 0 Å². The fraction of sp³-hybridized carbons (Fsp3) is 0.357. The summed E-state index contributed by atoms with van der Waals surface area (Å²) in [5, 5.41) is 3.22. The van der Waals surface area contributed by atoms with E-state index in [2.05, 4.69) is 10.3 Å². The molecule has 102 valence electrons. The summed E-state index contributed by atoms with van der Waals surface area (Å²) in [5.74, 6) is -0.515. The molecule has 19 heavy (non-hydrogen) atoms. The maximum Gasteiger partial charge on any atom is 0.208 e. The molecule has 0 unspecified atom stereocenters. The molecule has 1 heterocycles. The molecule has 0 aliphatic heterocycles. The second-order valence-corrected chi connectivity index (χ2v) is 5.35. The van der Waals surface area contributed by atoms with Crippen molar-refractivity contribution in [1.82, 2.24) is 10.3 Å². The molecule has 0 radical (unpaired) electrons. The van der Waals surface area contributed by atoms with Crippen LogP contribution in [0.5, 0.6) is 0 Å². The number of rotatable bonds is 3. The lowest BCUT2D eigenvalue weighted by molar-refractivity contribution is 0.383. The number of oxazole rings is 1. The molecular formula is C14H16F2N2O. The van der Waals surface area contributed by atoms with Gasteiger partial charge >= 0.3 is 0 Å². The highest BCUT2D eigenvalue weighted by Crippen LogP contribution is 2.24. The lowest BCUT2D eigenvalue weighted by atomic mass is 10.1. The Morgan fingerprint density at radius 1 is 1.26 bits per heavy atom. The van der Waals surface area contributed by atoms with Crippen molar-refractivity contribution < 1.29 is 13.2 Å². The molecule has 5 heteroatoms. The summed E-state index contributed by atoms with van der Waals surface area (Å²) in [5.41, 5.74) is 0.145. The first-order valence-corrected chi connectivity index (χ1v) is 6.00. The van der Waals surface area contributed by atoms with E-state index in [1.165, 1.54) is 18.3 Å². The molecule has 0 fully saturated rings. The van der Waals surface area contributed by atoms with E-state index < -0.39 is 11.6 Å². The van der Waals surface area contributed by atoms with Gasteiger partial charge in [-0.25, -0.2) is 13.8 Å². The zero-order valence-electron chi connectivity index (χ0n) is 11.1. The van der Waals surface area contributed by atoms with Crippen LogP contribution in [0.2, 0.25) is 0 Å². The Balaban J connectivity index is 2.16. The number of halogens is 2. The molecule has 1 aromatic heterocycles. The predicted molar refractivity (Wildman–Crippen MR) is 68.4 cm³/mol. The SMILES string of the molecule is CC(C)(C)NCc1ncc(-c2ccc(F)cc2F)o1. The Hall–Kier alpha value is -1.75. The van der Waals surface area contributed by atoms with Crippen LogP contribution in [0.3, 0.4) is 0 Å². The summed E-state index contributed by atoms with van der Waals surface area (Å²) in [6.45, 7) is 6.52. The van der Waals surface area contributed by atoms with E-state index >= 15 is 0 Å². The number of benzene rings is 1. The van der Waals surface area contributed by atoms with Crippen molar-refractivity contribution in [3.8, 4) is 11.3 Å². The monoisotopic (exact) mass is 266 g/mol. The summed E-state index contributed by atoms with van der Waals surface area (Å²) >= 11 is 0. The number of nitrogens with zero attached hydrogens (tertiary/aromatic N) is 1. The Labute approximate surface area is 110 Å². The van der Waals surface area contributed by atoms with Crippen molar-refractivity contribution >= 4 is 0 Å². The van der Waals surface area contributed by atoms with Gasteiger partial charge in [-0.15, -0.1) is 0 Å². The number of hydrogen-bond donors (Lipinski definition) is 1. The molecule has 3 nitrogen and oxygen atoms in total. The topological polar surface area (TPSA) is 38.1 Å². The lowest BCUT2D eigenvalue weighted by Crippen LogP contribution is -2.35. The summed E-state index contributed by atoms with van der Waals surface area (Å²) in [6, 6.07) is 3.35. The maximum atomic E-state index is 13.6. The summed E-state index contributed by atoms with van der Waals surface area (Å²) in [6.07, 6.45) is 1.44. The van der Waals surface area contributed by atoms with Gasteiger partial charge in [0, 0.05) is 11.6 Å². The van der Waals surface area contributed by atoms with Gasteiger partial charge in [-0.3, -0.25) is 0 Å². The smallest absolute Gasteiger partial charge is 0.208 e. The van der Waals surface area contributed by atoms with Gasteiger partial charge in [0.15, 0.2) is 5.76 Å². The lowest BCUT2D eigenvalue weighted by Gasteiger charge is -2.18. The molecule has 2 rings (SSSR count). The standard InChI is InChI=1S/C14H16F2N2O/c1-14(2,3)18-8-13-17-7-12(19-13)10-5-4-9(15)6-11(10)16/h4-7,18H,8H2,1-3H3. The van der Waals surface area contributed by atoms with Gasteiger partial charge in [-0.1, -0.05) is 0 Å². The van der Waals surface area contributed by atoms with Crippen molar-refractivity contribution in [2.24, 2.45) is 0 Å². The number of hydrogen-bond acceptors (Lipinski definition) is 3. The third kappa shape index (κ3) is 3.61. The molecule has 0 saturated heterocycles. The molecule has 0 aliphatic carbocycles. The third-order valence-electron chi connectivity index (χ3n) is 2.52.